The lowest BCUT2D eigenvalue weighted by molar-refractivity contribution is 0.482. The number of ether oxygens (including phenoxy) is 1. The van der Waals surface area contributed by atoms with Gasteiger partial charge in [-0.25, -0.2) is 0 Å². The van der Waals surface area contributed by atoms with E-state index < -0.39 is 0 Å². The van der Waals surface area contributed by atoms with Crippen molar-refractivity contribution in [1.82, 2.24) is 14.9 Å². The number of aromatic nitrogens is 2. The fourth-order valence-electron chi connectivity index (χ4n) is 5.61. The Bertz CT molecular complexity index is 1610. The molecule has 1 fully saturated rings. The highest BCUT2D eigenvalue weighted by atomic mass is 32.1. The molecule has 6 heteroatoms. The summed E-state index contributed by atoms with van der Waals surface area (Å²) in [4.78, 5) is 6.94. The molecule has 0 unspecified atom stereocenters. The molecule has 200 valence electrons. The monoisotopic (exact) mass is 544 g/mol. The molecule has 0 radical (unpaired) electrons. The van der Waals surface area contributed by atoms with Gasteiger partial charge in [-0.1, -0.05) is 43.3 Å². The maximum Gasteiger partial charge on any atom is 0.174 e. The first kappa shape index (κ1) is 25.8. The molecular formula is C34H32N4OS. The Hall–Kier alpha value is -4.42. The Balaban J connectivity index is 1.41. The van der Waals surface area contributed by atoms with E-state index in [4.69, 9.17) is 21.9 Å². The van der Waals surface area contributed by atoms with Crippen LogP contribution in [0, 0.1) is 13.8 Å². The van der Waals surface area contributed by atoms with Gasteiger partial charge in [0.2, 0.25) is 0 Å². The van der Waals surface area contributed by atoms with Gasteiger partial charge in [0.25, 0.3) is 0 Å². The smallest absolute Gasteiger partial charge is 0.174 e. The number of hydrogen-bond donors (Lipinski definition) is 1. The van der Waals surface area contributed by atoms with E-state index in [-0.39, 0.29) is 12.1 Å². The van der Waals surface area contributed by atoms with Crippen LogP contribution in [-0.4, -0.2) is 14.7 Å². The molecule has 0 bridgehead atoms. The van der Waals surface area contributed by atoms with Crippen molar-refractivity contribution in [3.05, 3.63) is 138 Å². The van der Waals surface area contributed by atoms with Gasteiger partial charge in [-0.3, -0.25) is 4.98 Å². The molecule has 1 N–H and O–H groups in total. The van der Waals surface area contributed by atoms with E-state index in [1.165, 1.54) is 22.5 Å². The van der Waals surface area contributed by atoms with Crippen LogP contribution in [0.15, 0.2) is 109 Å². The van der Waals surface area contributed by atoms with Crippen LogP contribution in [0.1, 0.15) is 47.2 Å². The highest BCUT2D eigenvalue weighted by Gasteiger charge is 2.42. The molecule has 40 heavy (non-hydrogen) atoms. The van der Waals surface area contributed by atoms with E-state index in [9.17, 15) is 0 Å². The minimum Gasteiger partial charge on any atom is -0.457 e. The molecule has 1 aliphatic heterocycles. The van der Waals surface area contributed by atoms with Gasteiger partial charge < -0.3 is 19.5 Å². The highest BCUT2D eigenvalue weighted by Crippen LogP contribution is 2.44. The van der Waals surface area contributed by atoms with Gasteiger partial charge in [0.1, 0.15) is 11.5 Å². The molecule has 2 aromatic heterocycles. The number of benzene rings is 3. The number of pyridine rings is 1. The molecule has 3 aromatic carbocycles. The SMILES string of the molecule is CCc1ccc(-n2c(C)cc([C@H]3[C@@H](c4ccccn4)NC(=S)N3c3ccc(Oc4ccccc4)cc3)c2C)cc1. The van der Waals surface area contributed by atoms with E-state index in [1.807, 2.05) is 60.8 Å². The lowest BCUT2D eigenvalue weighted by Crippen LogP contribution is -2.29. The van der Waals surface area contributed by atoms with E-state index in [2.05, 4.69) is 84.1 Å². The van der Waals surface area contributed by atoms with Crippen molar-refractivity contribution in [3.63, 3.8) is 0 Å². The van der Waals surface area contributed by atoms with Gasteiger partial charge in [-0.2, -0.15) is 0 Å². The fraction of sp³-hybridized carbons (Fsp3) is 0.176. The van der Waals surface area contributed by atoms with Gasteiger partial charge in [0.15, 0.2) is 5.11 Å². The normalized spacial score (nSPS) is 16.7. The molecule has 0 saturated carbocycles. The zero-order chi connectivity index (χ0) is 27.6. The lowest BCUT2D eigenvalue weighted by Gasteiger charge is -2.28. The number of anilines is 1. The third kappa shape index (κ3) is 4.87. The molecule has 0 spiro atoms. The summed E-state index contributed by atoms with van der Waals surface area (Å²) in [5.41, 5.74) is 8.03. The molecule has 3 heterocycles. The molecule has 5 nitrogen and oxygen atoms in total. The van der Waals surface area contributed by atoms with Crippen molar-refractivity contribution in [3.8, 4) is 17.2 Å². The predicted molar refractivity (Wildman–Crippen MR) is 166 cm³/mol. The van der Waals surface area contributed by atoms with Crippen molar-refractivity contribution in [2.45, 2.75) is 39.3 Å². The summed E-state index contributed by atoms with van der Waals surface area (Å²) < 4.78 is 8.38. The van der Waals surface area contributed by atoms with Crippen molar-refractivity contribution < 1.29 is 4.74 Å². The van der Waals surface area contributed by atoms with Crippen LogP contribution in [-0.2, 0) is 6.42 Å². The average Bonchev–Trinajstić information content (AvgIpc) is 3.49. The maximum absolute atomic E-state index is 6.05. The second kappa shape index (κ2) is 11.0. The minimum absolute atomic E-state index is 0.0850. The second-order valence-electron chi connectivity index (χ2n) is 10.1. The summed E-state index contributed by atoms with van der Waals surface area (Å²) in [6, 6.07) is 34.9. The van der Waals surface area contributed by atoms with Gasteiger partial charge in [0, 0.05) is 29.0 Å². The van der Waals surface area contributed by atoms with E-state index >= 15 is 0 Å². The molecule has 6 rings (SSSR count). The highest BCUT2D eigenvalue weighted by molar-refractivity contribution is 7.80. The van der Waals surface area contributed by atoms with Gasteiger partial charge >= 0.3 is 0 Å². The summed E-state index contributed by atoms with van der Waals surface area (Å²) in [6.07, 6.45) is 2.87. The number of nitrogens with one attached hydrogen (secondary N) is 1. The van der Waals surface area contributed by atoms with Crippen LogP contribution in [0.4, 0.5) is 5.69 Å². The molecule has 1 aliphatic rings. The zero-order valence-corrected chi connectivity index (χ0v) is 23.7. The quantitative estimate of drug-likeness (QED) is 0.210. The Morgan fingerprint density at radius 1 is 0.825 bits per heavy atom. The van der Waals surface area contributed by atoms with Gasteiger partial charge in [0.05, 0.1) is 17.8 Å². The zero-order valence-electron chi connectivity index (χ0n) is 22.9. The van der Waals surface area contributed by atoms with E-state index in [1.54, 1.807) is 0 Å². The third-order valence-electron chi connectivity index (χ3n) is 7.58. The Morgan fingerprint density at radius 2 is 1.50 bits per heavy atom. The summed E-state index contributed by atoms with van der Waals surface area (Å²) in [6.45, 7) is 6.55. The molecule has 0 aliphatic carbocycles. The topological polar surface area (TPSA) is 42.3 Å². The number of rotatable bonds is 7. The summed E-state index contributed by atoms with van der Waals surface area (Å²) in [7, 11) is 0. The first-order valence-electron chi connectivity index (χ1n) is 13.6. The summed E-state index contributed by atoms with van der Waals surface area (Å²) >= 11 is 5.97. The molecule has 5 aromatic rings. The van der Waals surface area contributed by atoms with Crippen LogP contribution >= 0.6 is 12.2 Å². The number of thiocarbonyl (C=S) groups is 1. The first-order valence-corrected chi connectivity index (χ1v) is 14.1. The van der Waals surface area contributed by atoms with E-state index in [0.29, 0.717) is 5.11 Å². The molecule has 1 saturated heterocycles. The van der Waals surface area contributed by atoms with Crippen LogP contribution < -0.4 is 15.0 Å². The predicted octanol–water partition coefficient (Wildman–Crippen LogP) is 8.02. The standard InChI is InChI=1S/C34H32N4OS/c1-4-25-13-15-26(16-14-25)37-23(2)22-30(24(37)3)33-32(31-12-8-9-21-35-31)36-34(40)38(33)27-17-19-29(20-18-27)39-28-10-6-5-7-11-28/h5-22,32-33H,4H2,1-3H3,(H,36,40)/t32-,33+/m1/s1. The third-order valence-corrected chi connectivity index (χ3v) is 7.90. The van der Waals surface area contributed by atoms with Crippen LogP contribution in [0.5, 0.6) is 11.5 Å². The van der Waals surface area contributed by atoms with Crippen LogP contribution in [0.3, 0.4) is 0 Å². The number of aryl methyl sites for hydroxylation is 2. The van der Waals surface area contributed by atoms with Crippen LogP contribution in [0.2, 0.25) is 0 Å². The number of hydrogen-bond acceptors (Lipinski definition) is 3. The van der Waals surface area contributed by atoms with Crippen molar-refractivity contribution in [2.75, 3.05) is 4.90 Å². The van der Waals surface area contributed by atoms with Crippen molar-refractivity contribution in [2.24, 2.45) is 0 Å². The van der Waals surface area contributed by atoms with Crippen molar-refractivity contribution >= 4 is 23.0 Å². The Kier molecular flexibility index (Phi) is 7.10. The summed E-state index contributed by atoms with van der Waals surface area (Å²) in [5.74, 6) is 1.58. The largest absolute Gasteiger partial charge is 0.457 e. The average molecular weight is 545 g/mol. The molecule has 0 amide bonds. The van der Waals surface area contributed by atoms with E-state index in [0.717, 1.165) is 35.0 Å². The van der Waals surface area contributed by atoms with Crippen LogP contribution in [0.25, 0.3) is 5.69 Å². The minimum atomic E-state index is -0.106. The first-order chi connectivity index (χ1) is 19.5. The van der Waals surface area contributed by atoms with Crippen molar-refractivity contribution in [1.29, 1.82) is 0 Å². The Labute approximate surface area is 241 Å². The van der Waals surface area contributed by atoms with Gasteiger partial charge in [-0.05, 0) is 110 Å². The second-order valence-corrected chi connectivity index (χ2v) is 10.5. The summed E-state index contributed by atoms with van der Waals surface area (Å²) in [5, 5.41) is 4.26. The number of para-hydroxylation sites is 1. The lowest BCUT2D eigenvalue weighted by atomic mass is 9.96. The maximum atomic E-state index is 6.05. The Morgan fingerprint density at radius 3 is 2.17 bits per heavy atom. The molecule has 2 atom stereocenters. The number of nitrogens with zero attached hydrogens (tertiary/aromatic N) is 3. The van der Waals surface area contributed by atoms with Gasteiger partial charge in [-0.15, -0.1) is 0 Å². The fourth-order valence-corrected chi connectivity index (χ4v) is 5.96. The molecular weight excluding hydrogens is 512 g/mol.